The van der Waals surface area contributed by atoms with Crippen molar-refractivity contribution >= 4 is 15.9 Å². The Labute approximate surface area is 87.9 Å². The van der Waals surface area contributed by atoms with Gasteiger partial charge in [0.1, 0.15) is 0 Å². The number of aryl methyl sites for hydroxylation is 1. The highest BCUT2D eigenvalue weighted by Crippen LogP contribution is 2.21. The van der Waals surface area contributed by atoms with Crippen LogP contribution in [0.3, 0.4) is 0 Å². The molecular weight excluding hydrogens is 226 g/mol. The molecule has 2 heteroatoms. The summed E-state index contributed by atoms with van der Waals surface area (Å²) in [5, 5.41) is 0. The normalized spacial score (nSPS) is 18.0. The topological polar surface area (TPSA) is 3.24 Å². The number of hydrogen-bond donors (Lipinski definition) is 0. The molecule has 0 saturated carbocycles. The van der Waals surface area contributed by atoms with Gasteiger partial charge in [-0.3, -0.25) is 0 Å². The molecule has 0 saturated heterocycles. The van der Waals surface area contributed by atoms with Gasteiger partial charge in [-0.15, -0.1) is 0 Å². The van der Waals surface area contributed by atoms with Gasteiger partial charge in [0.15, 0.2) is 0 Å². The largest absolute Gasteiger partial charge is 0.302 e. The van der Waals surface area contributed by atoms with Crippen molar-refractivity contribution in [2.45, 2.75) is 19.4 Å². The minimum atomic E-state index is 1.09. The standard InChI is InChI=1S/C11H14BrN/c1-13-6-2-3-9-4-5-11(12)7-10(9)8-13/h4-5,7H,2-3,6,8H2,1H3. The van der Waals surface area contributed by atoms with Crippen LogP contribution in [0.4, 0.5) is 0 Å². The van der Waals surface area contributed by atoms with Crippen LogP contribution in [0.5, 0.6) is 0 Å². The Bertz CT molecular complexity index is 309. The molecule has 2 rings (SSSR count). The number of hydrogen-bond acceptors (Lipinski definition) is 1. The summed E-state index contributed by atoms with van der Waals surface area (Å²) in [6.07, 6.45) is 2.51. The van der Waals surface area contributed by atoms with Gasteiger partial charge in [-0.05, 0) is 49.7 Å². The van der Waals surface area contributed by atoms with Gasteiger partial charge in [-0.1, -0.05) is 22.0 Å². The average molecular weight is 240 g/mol. The molecule has 1 heterocycles. The Hall–Kier alpha value is -0.340. The lowest BCUT2D eigenvalue weighted by Gasteiger charge is -2.13. The molecule has 0 spiro atoms. The molecule has 0 atom stereocenters. The van der Waals surface area contributed by atoms with E-state index in [2.05, 4.69) is 46.1 Å². The van der Waals surface area contributed by atoms with E-state index in [1.54, 1.807) is 0 Å². The fraction of sp³-hybridized carbons (Fsp3) is 0.455. The van der Waals surface area contributed by atoms with Crippen LogP contribution in [0.1, 0.15) is 17.5 Å². The van der Waals surface area contributed by atoms with Crippen molar-refractivity contribution in [3.63, 3.8) is 0 Å². The molecular formula is C11H14BrN. The first kappa shape index (κ1) is 9.22. The molecule has 0 aromatic heterocycles. The van der Waals surface area contributed by atoms with Crippen LogP contribution in [-0.4, -0.2) is 18.5 Å². The van der Waals surface area contributed by atoms with E-state index in [1.165, 1.54) is 35.0 Å². The maximum atomic E-state index is 3.52. The van der Waals surface area contributed by atoms with Crippen LogP contribution in [-0.2, 0) is 13.0 Å². The number of fused-ring (bicyclic) bond motifs is 1. The summed E-state index contributed by atoms with van der Waals surface area (Å²) in [4.78, 5) is 2.39. The Balaban J connectivity index is 2.35. The molecule has 0 amide bonds. The second-order valence-electron chi connectivity index (χ2n) is 3.75. The van der Waals surface area contributed by atoms with Gasteiger partial charge in [0, 0.05) is 11.0 Å². The van der Waals surface area contributed by atoms with E-state index < -0.39 is 0 Å². The smallest absolute Gasteiger partial charge is 0.0233 e. The highest BCUT2D eigenvalue weighted by atomic mass is 79.9. The number of rotatable bonds is 0. The summed E-state index contributed by atoms with van der Waals surface area (Å²) >= 11 is 3.52. The van der Waals surface area contributed by atoms with Crippen LogP contribution in [0.25, 0.3) is 0 Å². The molecule has 0 bridgehead atoms. The lowest BCUT2D eigenvalue weighted by molar-refractivity contribution is 0.332. The third-order valence-electron chi connectivity index (χ3n) is 2.59. The fourth-order valence-electron chi connectivity index (χ4n) is 1.89. The molecule has 1 aromatic rings. The van der Waals surface area contributed by atoms with Gasteiger partial charge in [-0.2, -0.15) is 0 Å². The summed E-state index contributed by atoms with van der Waals surface area (Å²) in [6, 6.07) is 6.64. The van der Waals surface area contributed by atoms with E-state index in [0.717, 1.165) is 6.54 Å². The number of halogens is 1. The first-order chi connectivity index (χ1) is 6.25. The summed E-state index contributed by atoms with van der Waals surface area (Å²) in [5.74, 6) is 0. The van der Waals surface area contributed by atoms with Crippen molar-refractivity contribution in [2.24, 2.45) is 0 Å². The molecule has 0 unspecified atom stereocenters. The Morgan fingerprint density at radius 2 is 2.15 bits per heavy atom. The van der Waals surface area contributed by atoms with Crippen LogP contribution in [0, 0.1) is 0 Å². The van der Waals surface area contributed by atoms with Crippen molar-refractivity contribution < 1.29 is 0 Å². The molecule has 1 aliphatic rings. The van der Waals surface area contributed by atoms with Gasteiger partial charge < -0.3 is 4.90 Å². The van der Waals surface area contributed by atoms with Crippen LogP contribution in [0.2, 0.25) is 0 Å². The second-order valence-corrected chi connectivity index (χ2v) is 4.67. The summed E-state index contributed by atoms with van der Waals surface area (Å²) < 4.78 is 1.20. The average Bonchev–Trinajstić information content (AvgIpc) is 2.25. The Morgan fingerprint density at radius 1 is 1.31 bits per heavy atom. The van der Waals surface area contributed by atoms with E-state index in [-0.39, 0.29) is 0 Å². The van der Waals surface area contributed by atoms with E-state index in [4.69, 9.17) is 0 Å². The van der Waals surface area contributed by atoms with Gasteiger partial charge in [0.25, 0.3) is 0 Å². The highest BCUT2D eigenvalue weighted by molar-refractivity contribution is 9.10. The quantitative estimate of drug-likeness (QED) is 0.674. The lowest BCUT2D eigenvalue weighted by Crippen LogP contribution is -2.16. The van der Waals surface area contributed by atoms with E-state index in [0.29, 0.717) is 0 Å². The van der Waals surface area contributed by atoms with Gasteiger partial charge in [0.05, 0.1) is 0 Å². The molecule has 0 fully saturated rings. The van der Waals surface area contributed by atoms with Crippen LogP contribution >= 0.6 is 15.9 Å². The summed E-state index contributed by atoms with van der Waals surface area (Å²) in [7, 11) is 2.19. The fourth-order valence-corrected chi connectivity index (χ4v) is 2.30. The minimum Gasteiger partial charge on any atom is -0.302 e. The molecule has 0 radical (unpaired) electrons. The van der Waals surface area contributed by atoms with Gasteiger partial charge in [0.2, 0.25) is 0 Å². The van der Waals surface area contributed by atoms with Crippen molar-refractivity contribution in [1.82, 2.24) is 4.90 Å². The summed E-state index contributed by atoms with van der Waals surface area (Å²) in [6.45, 7) is 2.31. The third kappa shape index (κ3) is 2.12. The first-order valence-corrected chi connectivity index (χ1v) is 5.51. The number of nitrogens with zero attached hydrogens (tertiary/aromatic N) is 1. The van der Waals surface area contributed by atoms with Gasteiger partial charge >= 0.3 is 0 Å². The van der Waals surface area contributed by atoms with Crippen molar-refractivity contribution in [2.75, 3.05) is 13.6 Å². The second kappa shape index (κ2) is 3.81. The first-order valence-electron chi connectivity index (χ1n) is 4.71. The molecule has 0 aliphatic carbocycles. The maximum Gasteiger partial charge on any atom is 0.0233 e. The zero-order valence-electron chi connectivity index (χ0n) is 7.89. The van der Waals surface area contributed by atoms with E-state index in [1.807, 2.05) is 0 Å². The molecule has 1 aliphatic heterocycles. The third-order valence-corrected chi connectivity index (χ3v) is 3.09. The molecule has 0 N–H and O–H groups in total. The van der Waals surface area contributed by atoms with Crippen LogP contribution in [0.15, 0.2) is 22.7 Å². The van der Waals surface area contributed by atoms with Crippen molar-refractivity contribution in [1.29, 1.82) is 0 Å². The minimum absolute atomic E-state index is 1.09. The predicted molar refractivity (Wildman–Crippen MR) is 58.8 cm³/mol. The number of benzene rings is 1. The predicted octanol–water partition coefficient (Wildman–Crippen LogP) is 2.83. The van der Waals surface area contributed by atoms with Crippen LogP contribution < -0.4 is 0 Å². The van der Waals surface area contributed by atoms with E-state index >= 15 is 0 Å². The maximum absolute atomic E-state index is 3.52. The molecule has 13 heavy (non-hydrogen) atoms. The molecule has 1 nitrogen and oxygen atoms in total. The SMILES string of the molecule is CN1CCCc2ccc(Br)cc2C1. The molecule has 70 valence electrons. The monoisotopic (exact) mass is 239 g/mol. The zero-order chi connectivity index (χ0) is 9.26. The van der Waals surface area contributed by atoms with E-state index in [9.17, 15) is 0 Å². The highest BCUT2D eigenvalue weighted by Gasteiger charge is 2.10. The van der Waals surface area contributed by atoms with Crippen molar-refractivity contribution in [3.05, 3.63) is 33.8 Å². The Morgan fingerprint density at radius 3 is 3.00 bits per heavy atom. The Kier molecular flexibility index (Phi) is 2.70. The zero-order valence-corrected chi connectivity index (χ0v) is 9.47. The summed E-state index contributed by atoms with van der Waals surface area (Å²) in [5.41, 5.74) is 3.00. The van der Waals surface area contributed by atoms with Gasteiger partial charge in [-0.25, -0.2) is 0 Å². The lowest BCUT2D eigenvalue weighted by atomic mass is 10.0. The van der Waals surface area contributed by atoms with Crippen molar-refractivity contribution in [3.8, 4) is 0 Å². The molecule has 1 aromatic carbocycles.